The van der Waals surface area contributed by atoms with Crippen LogP contribution in [0.5, 0.6) is 5.75 Å². The number of halogens is 5. The molecule has 0 aliphatic carbocycles. The van der Waals surface area contributed by atoms with Crippen molar-refractivity contribution in [2.24, 2.45) is 10.9 Å². The zero-order chi connectivity index (χ0) is 21.0. The average molecular weight is 418 g/mol. The summed E-state index contributed by atoms with van der Waals surface area (Å²) in [5.41, 5.74) is -1.33. The van der Waals surface area contributed by atoms with E-state index in [-0.39, 0.29) is 29.1 Å². The molecule has 0 saturated heterocycles. The lowest BCUT2D eigenvalue weighted by atomic mass is 9.97. The van der Waals surface area contributed by atoms with Gasteiger partial charge in [-0.05, 0) is 31.2 Å². The van der Waals surface area contributed by atoms with E-state index in [9.17, 15) is 32.3 Å². The van der Waals surface area contributed by atoms with Gasteiger partial charge in [0.05, 0.1) is 12.2 Å². The molecule has 0 aliphatic rings. The number of ether oxygens (including phenoxy) is 1. The van der Waals surface area contributed by atoms with Crippen molar-refractivity contribution < 1.29 is 37.0 Å². The summed E-state index contributed by atoms with van der Waals surface area (Å²) in [6.07, 6.45) is 0.699. The summed E-state index contributed by atoms with van der Waals surface area (Å²) in [7, 11) is 0. The standard InChI is InChI=1S/C18H12ClF4NO4/c1-2-28-18(27)10(7-24-12-5-8(19)3-4-13(12)25)17(26)9-6-11(20)15(22)16(23)14(9)21/h3-7,10,25H,2H2,1H3. The number of rotatable bonds is 6. The van der Waals surface area contributed by atoms with Crippen molar-refractivity contribution in [3.05, 3.63) is 58.1 Å². The topological polar surface area (TPSA) is 76.0 Å². The van der Waals surface area contributed by atoms with Gasteiger partial charge in [-0.2, -0.15) is 0 Å². The molecule has 1 N–H and O–H groups in total. The molecule has 1 unspecified atom stereocenters. The minimum atomic E-state index is -2.20. The third-order valence-electron chi connectivity index (χ3n) is 3.49. The normalized spacial score (nSPS) is 12.2. The second-order valence-electron chi connectivity index (χ2n) is 5.35. The number of carbonyl (C=O) groups excluding carboxylic acids is 2. The molecule has 0 amide bonds. The number of aliphatic imine (C=N–C) groups is 1. The van der Waals surface area contributed by atoms with Crippen LogP contribution in [-0.4, -0.2) is 29.7 Å². The summed E-state index contributed by atoms with van der Waals surface area (Å²) >= 11 is 5.76. The Labute approximate surface area is 161 Å². The van der Waals surface area contributed by atoms with Crippen LogP contribution in [0.25, 0.3) is 0 Å². The van der Waals surface area contributed by atoms with E-state index in [4.69, 9.17) is 11.6 Å². The molecule has 148 valence electrons. The quantitative estimate of drug-likeness (QED) is 0.144. The number of hydrogen-bond donors (Lipinski definition) is 1. The number of carbonyl (C=O) groups is 2. The van der Waals surface area contributed by atoms with Crippen molar-refractivity contribution in [1.29, 1.82) is 0 Å². The third-order valence-corrected chi connectivity index (χ3v) is 3.73. The van der Waals surface area contributed by atoms with Crippen LogP contribution >= 0.6 is 11.6 Å². The van der Waals surface area contributed by atoms with Crippen LogP contribution in [0.15, 0.2) is 29.3 Å². The fraction of sp³-hybridized carbons (Fsp3) is 0.167. The van der Waals surface area contributed by atoms with Gasteiger partial charge in [0.15, 0.2) is 35.0 Å². The molecule has 2 aromatic rings. The molecule has 10 heteroatoms. The summed E-state index contributed by atoms with van der Waals surface area (Å²) in [4.78, 5) is 28.3. The lowest BCUT2D eigenvalue weighted by Crippen LogP contribution is -2.29. The van der Waals surface area contributed by atoms with E-state index in [0.29, 0.717) is 6.21 Å². The molecule has 5 nitrogen and oxygen atoms in total. The molecule has 28 heavy (non-hydrogen) atoms. The Kier molecular flexibility index (Phi) is 6.74. The maximum atomic E-state index is 13.9. The van der Waals surface area contributed by atoms with Gasteiger partial charge in [0.1, 0.15) is 11.4 Å². The smallest absolute Gasteiger partial charge is 0.322 e. The van der Waals surface area contributed by atoms with Crippen molar-refractivity contribution in [2.45, 2.75) is 6.92 Å². The van der Waals surface area contributed by atoms with Gasteiger partial charge >= 0.3 is 5.97 Å². The number of phenols is 1. The largest absolute Gasteiger partial charge is 0.506 e. The van der Waals surface area contributed by atoms with Gasteiger partial charge in [-0.25, -0.2) is 17.6 Å². The monoisotopic (exact) mass is 417 g/mol. The van der Waals surface area contributed by atoms with Crippen LogP contribution in [0.1, 0.15) is 17.3 Å². The first-order chi connectivity index (χ1) is 13.2. The highest BCUT2D eigenvalue weighted by molar-refractivity contribution is 6.31. The molecule has 1 atom stereocenters. The fourth-order valence-electron chi connectivity index (χ4n) is 2.14. The first kappa shape index (κ1) is 21.4. The summed E-state index contributed by atoms with van der Waals surface area (Å²) in [6.45, 7) is 1.27. The van der Waals surface area contributed by atoms with Crippen LogP contribution in [0.2, 0.25) is 5.02 Å². The molecule has 2 aromatic carbocycles. The van der Waals surface area contributed by atoms with Gasteiger partial charge in [0, 0.05) is 11.2 Å². The molecular formula is C18H12ClF4NO4. The molecule has 2 rings (SSSR count). The van der Waals surface area contributed by atoms with Crippen LogP contribution in [0.3, 0.4) is 0 Å². The number of aromatic hydroxyl groups is 1. The highest BCUT2D eigenvalue weighted by atomic mass is 35.5. The first-order valence-corrected chi connectivity index (χ1v) is 8.11. The molecule has 0 heterocycles. The minimum Gasteiger partial charge on any atom is -0.506 e. The van der Waals surface area contributed by atoms with E-state index in [1.165, 1.54) is 25.1 Å². The molecular weight excluding hydrogens is 406 g/mol. The van der Waals surface area contributed by atoms with Crippen LogP contribution in [0, 0.1) is 29.2 Å². The van der Waals surface area contributed by atoms with Gasteiger partial charge in [-0.3, -0.25) is 14.6 Å². The van der Waals surface area contributed by atoms with E-state index in [2.05, 4.69) is 9.73 Å². The number of Topliss-reactive ketones (excluding diaryl/α,β-unsaturated/α-hetero) is 1. The Hall–Kier alpha value is -2.94. The Balaban J connectivity index is 2.49. The zero-order valence-corrected chi connectivity index (χ0v) is 14.9. The minimum absolute atomic E-state index is 0.132. The summed E-state index contributed by atoms with van der Waals surface area (Å²) in [5, 5.41) is 9.90. The Morgan fingerprint density at radius 1 is 1.18 bits per heavy atom. The van der Waals surface area contributed by atoms with Crippen molar-refractivity contribution >= 4 is 35.3 Å². The Bertz CT molecular complexity index is 965. The molecule has 0 bridgehead atoms. The van der Waals surface area contributed by atoms with Gasteiger partial charge < -0.3 is 9.84 Å². The van der Waals surface area contributed by atoms with Crippen LogP contribution < -0.4 is 0 Å². The van der Waals surface area contributed by atoms with Crippen molar-refractivity contribution in [1.82, 2.24) is 0 Å². The van der Waals surface area contributed by atoms with Gasteiger partial charge in [-0.1, -0.05) is 11.6 Å². The summed E-state index contributed by atoms with van der Waals surface area (Å²) < 4.78 is 58.6. The Morgan fingerprint density at radius 3 is 2.50 bits per heavy atom. The van der Waals surface area contributed by atoms with E-state index in [1.807, 2.05) is 0 Å². The predicted octanol–water partition coefficient (Wildman–Crippen LogP) is 4.37. The number of esters is 1. The summed E-state index contributed by atoms with van der Waals surface area (Å²) in [5.74, 6) is -12.9. The fourth-order valence-corrected chi connectivity index (χ4v) is 2.31. The number of nitrogens with zero attached hydrogens (tertiary/aromatic N) is 1. The maximum absolute atomic E-state index is 13.9. The molecule has 0 aliphatic heterocycles. The predicted molar refractivity (Wildman–Crippen MR) is 92.0 cm³/mol. The lowest BCUT2D eigenvalue weighted by molar-refractivity contribution is -0.143. The number of ketones is 1. The molecule has 0 spiro atoms. The average Bonchev–Trinajstić information content (AvgIpc) is 2.65. The van der Waals surface area contributed by atoms with Crippen molar-refractivity contribution in [3.63, 3.8) is 0 Å². The SMILES string of the molecule is CCOC(=O)C(C=Nc1cc(Cl)ccc1O)C(=O)c1cc(F)c(F)c(F)c1F. The molecule has 0 saturated carbocycles. The zero-order valence-electron chi connectivity index (χ0n) is 14.2. The van der Waals surface area contributed by atoms with Crippen molar-refractivity contribution in [3.8, 4) is 5.75 Å². The van der Waals surface area contributed by atoms with E-state index in [1.54, 1.807) is 0 Å². The molecule has 0 radical (unpaired) electrons. The van der Waals surface area contributed by atoms with Crippen molar-refractivity contribution in [2.75, 3.05) is 6.61 Å². The van der Waals surface area contributed by atoms with Crippen LogP contribution in [-0.2, 0) is 9.53 Å². The highest BCUT2D eigenvalue weighted by Gasteiger charge is 2.32. The first-order valence-electron chi connectivity index (χ1n) is 7.73. The number of phenolic OH excluding ortho intramolecular Hbond substituents is 1. The summed E-state index contributed by atoms with van der Waals surface area (Å²) in [6, 6.07) is 3.88. The van der Waals surface area contributed by atoms with E-state index < -0.39 is 46.5 Å². The van der Waals surface area contributed by atoms with Gasteiger partial charge in [0.2, 0.25) is 0 Å². The van der Waals surface area contributed by atoms with Gasteiger partial charge in [-0.15, -0.1) is 0 Å². The second kappa shape index (κ2) is 8.83. The number of benzene rings is 2. The lowest BCUT2D eigenvalue weighted by Gasteiger charge is -2.12. The molecule has 0 fully saturated rings. The van der Waals surface area contributed by atoms with Crippen LogP contribution in [0.4, 0.5) is 23.2 Å². The maximum Gasteiger partial charge on any atom is 0.322 e. The third kappa shape index (κ3) is 4.48. The second-order valence-corrected chi connectivity index (χ2v) is 5.79. The van der Waals surface area contributed by atoms with E-state index >= 15 is 0 Å². The van der Waals surface area contributed by atoms with E-state index in [0.717, 1.165) is 0 Å². The van der Waals surface area contributed by atoms with Gasteiger partial charge in [0.25, 0.3) is 0 Å². The Morgan fingerprint density at radius 2 is 1.86 bits per heavy atom. The number of hydrogen-bond acceptors (Lipinski definition) is 5. The molecule has 0 aromatic heterocycles. The highest BCUT2D eigenvalue weighted by Crippen LogP contribution is 2.29.